The van der Waals surface area contributed by atoms with Crippen LogP contribution in [0.1, 0.15) is 51.0 Å². The summed E-state index contributed by atoms with van der Waals surface area (Å²) in [5, 5.41) is 5.07. The molecule has 3 rings (SSSR count). The molecule has 21 heavy (non-hydrogen) atoms. The molecule has 2 aromatic rings. The van der Waals surface area contributed by atoms with Crippen molar-refractivity contribution in [1.82, 2.24) is 10.3 Å². The van der Waals surface area contributed by atoms with Crippen molar-refractivity contribution in [1.29, 1.82) is 0 Å². The van der Waals surface area contributed by atoms with Gasteiger partial charge in [0, 0.05) is 12.5 Å². The first kappa shape index (κ1) is 15.0. The number of nitrogens with zero attached hydrogens (tertiary/aromatic N) is 1. The van der Waals surface area contributed by atoms with Crippen LogP contribution in [0.4, 0.5) is 0 Å². The highest BCUT2D eigenvalue weighted by atomic mass is 32.1. The van der Waals surface area contributed by atoms with Gasteiger partial charge in [-0.05, 0) is 43.4 Å². The summed E-state index contributed by atoms with van der Waals surface area (Å²) in [4.78, 5) is 4.85. The maximum absolute atomic E-state index is 4.85. The summed E-state index contributed by atoms with van der Waals surface area (Å²) in [6, 6.07) is 9.08. The van der Waals surface area contributed by atoms with E-state index in [1.807, 2.05) is 11.3 Å². The second-order valence-electron chi connectivity index (χ2n) is 6.31. The fourth-order valence-corrected chi connectivity index (χ4v) is 4.97. The molecule has 1 aliphatic carbocycles. The van der Waals surface area contributed by atoms with Crippen molar-refractivity contribution in [3.05, 3.63) is 29.3 Å². The first-order valence-electron chi connectivity index (χ1n) is 8.35. The van der Waals surface area contributed by atoms with Gasteiger partial charge >= 0.3 is 0 Å². The van der Waals surface area contributed by atoms with Crippen LogP contribution in [0.25, 0.3) is 10.2 Å². The molecular formula is C18H26N2S. The number of para-hydroxylation sites is 1. The van der Waals surface area contributed by atoms with E-state index in [0.717, 1.165) is 18.5 Å². The quantitative estimate of drug-likeness (QED) is 0.830. The molecule has 1 fully saturated rings. The van der Waals surface area contributed by atoms with E-state index in [0.29, 0.717) is 11.5 Å². The molecule has 1 heterocycles. The number of hydrogen-bond donors (Lipinski definition) is 1. The normalized spacial score (nSPS) is 19.1. The molecule has 0 bridgehead atoms. The number of thiazole rings is 1. The van der Waals surface area contributed by atoms with Gasteiger partial charge in [0.1, 0.15) is 0 Å². The van der Waals surface area contributed by atoms with E-state index in [-0.39, 0.29) is 0 Å². The first-order valence-corrected chi connectivity index (χ1v) is 9.17. The average Bonchev–Trinajstić information content (AvgIpc) is 3.13. The smallest absolute Gasteiger partial charge is 0.0954 e. The number of nitrogens with one attached hydrogen (secondary N) is 1. The van der Waals surface area contributed by atoms with E-state index in [2.05, 4.69) is 43.4 Å². The highest BCUT2D eigenvalue weighted by Crippen LogP contribution is 2.45. The van der Waals surface area contributed by atoms with E-state index in [4.69, 9.17) is 4.98 Å². The molecule has 1 N–H and O–H groups in total. The van der Waals surface area contributed by atoms with Crippen molar-refractivity contribution in [3.8, 4) is 0 Å². The van der Waals surface area contributed by atoms with Crippen LogP contribution < -0.4 is 5.32 Å². The minimum Gasteiger partial charge on any atom is -0.313 e. The fraction of sp³-hybridized carbons (Fsp3) is 0.611. The Balaban J connectivity index is 1.84. The molecule has 1 saturated carbocycles. The zero-order valence-electron chi connectivity index (χ0n) is 13.2. The highest BCUT2D eigenvalue weighted by Gasteiger charge is 2.39. The maximum Gasteiger partial charge on any atom is 0.0954 e. The summed E-state index contributed by atoms with van der Waals surface area (Å²) in [6.45, 7) is 5.65. The molecule has 0 saturated heterocycles. The Morgan fingerprint density at radius 3 is 2.67 bits per heavy atom. The number of likely N-dealkylation sites (N-methyl/N-ethyl adjacent to an activating group) is 1. The van der Waals surface area contributed by atoms with Crippen molar-refractivity contribution in [3.63, 3.8) is 0 Å². The van der Waals surface area contributed by atoms with Crippen LogP contribution in [-0.4, -0.2) is 17.6 Å². The van der Waals surface area contributed by atoms with Gasteiger partial charge in [-0.15, -0.1) is 11.3 Å². The molecule has 0 radical (unpaired) electrons. The molecule has 1 aromatic heterocycles. The van der Waals surface area contributed by atoms with Gasteiger partial charge in [0.15, 0.2) is 0 Å². The Kier molecular flexibility index (Phi) is 4.60. The lowest BCUT2D eigenvalue weighted by molar-refractivity contribution is 0.186. The summed E-state index contributed by atoms with van der Waals surface area (Å²) in [6.07, 6.45) is 7.93. The Hall–Kier alpha value is -0.930. The third kappa shape index (κ3) is 3.00. The maximum atomic E-state index is 4.85. The molecule has 2 nitrogen and oxygen atoms in total. The summed E-state index contributed by atoms with van der Waals surface area (Å²) in [5.41, 5.74) is 1.65. The molecule has 1 atom stereocenters. The molecule has 1 aliphatic rings. The van der Waals surface area contributed by atoms with Gasteiger partial charge < -0.3 is 5.32 Å². The predicted molar refractivity (Wildman–Crippen MR) is 92.0 cm³/mol. The molecule has 1 aromatic carbocycles. The minimum absolute atomic E-state index is 0.494. The van der Waals surface area contributed by atoms with Crippen molar-refractivity contribution >= 4 is 21.6 Å². The average molecular weight is 302 g/mol. The summed E-state index contributed by atoms with van der Waals surface area (Å²) in [5.74, 6) is 0. The zero-order chi connectivity index (χ0) is 14.7. The van der Waals surface area contributed by atoms with E-state index >= 15 is 0 Å². The summed E-state index contributed by atoms with van der Waals surface area (Å²) < 4.78 is 1.32. The van der Waals surface area contributed by atoms with Crippen molar-refractivity contribution in [2.24, 2.45) is 5.41 Å². The van der Waals surface area contributed by atoms with Crippen LogP contribution in [0, 0.1) is 5.41 Å². The zero-order valence-corrected chi connectivity index (χ0v) is 14.0. The first-order chi connectivity index (χ1) is 10.3. The van der Waals surface area contributed by atoms with Crippen LogP contribution in [0.5, 0.6) is 0 Å². The van der Waals surface area contributed by atoms with Crippen molar-refractivity contribution in [2.45, 2.75) is 58.4 Å². The molecule has 114 valence electrons. The predicted octanol–water partition coefficient (Wildman–Crippen LogP) is 4.79. The van der Waals surface area contributed by atoms with Crippen LogP contribution in [-0.2, 0) is 6.42 Å². The molecule has 0 aliphatic heterocycles. The lowest BCUT2D eigenvalue weighted by Gasteiger charge is -2.37. The molecule has 1 unspecified atom stereocenters. The highest BCUT2D eigenvalue weighted by molar-refractivity contribution is 7.18. The number of rotatable bonds is 6. The monoisotopic (exact) mass is 302 g/mol. The van der Waals surface area contributed by atoms with Crippen LogP contribution in [0.3, 0.4) is 0 Å². The Morgan fingerprint density at radius 2 is 2.00 bits per heavy atom. The van der Waals surface area contributed by atoms with Gasteiger partial charge in [0.25, 0.3) is 0 Å². The van der Waals surface area contributed by atoms with Gasteiger partial charge in [-0.2, -0.15) is 0 Å². The number of benzene rings is 1. The van der Waals surface area contributed by atoms with Gasteiger partial charge in [-0.3, -0.25) is 0 Å². The lowest BCUT2D eigenvalue weighted by Crippen LogP contribution is -2.45. The molecule has 0 spiro atoms. The molecular weight excluding hydrogens is 276 g/mol. The lowest BCUT2D eigenvalue weighted by atomic mass is 9.75. The molecule has 0 amide bonds. The van der Waals surface area contributed by atoms with Crippen LogP contribution in [0.15, 0.2) is 24.3 Å². The minimum atomic E-state index is 0.494. The van der Waals surface area contributed by atoms with Gasteiger partial charge in [0.05, 0.1) is 15.2 Å². The second kappa shape index (κ2) is 6.45. The fourth-order valence-electron chi connectivity index (χ4n) is 3.96. The van der Waals surface area contributed by atoms with Crippen LogP contribution >= 0.6 is 11.3 Å². The number of fused-ring (bicyclic) bond motifs is 1. The molecule has 3 heteroatoms. The van der Waals surface area contributed by atoms with Crippen LogP contribution in [0.2, 0.25) is 0 Å². The van der Waals surface area contributed by atoms with E-state index in [1.165, 1.54) is 41.8 Å². The van der Waals surface area contributed by atoms with E-state index < -0.39 is 0 Å². The Bertz CT molecular complexity index is 551. The number of aromatic nitrogens is 1. The van der Waals surface area contributed by atoms with Crippen molar-refractivity contribution in [2.75, 3.05) is 6.54 Å². The topological polar surface area (TPSA) is 24.9 Å². The standard InChI is InChI=1S/C18H26N2S/c1-3-18(11-7-8-12-18)16(19-4-2)13-17-20-14-9-5-6-10-15(14)21-17/h5-6,9-10,16,19H,3-4,7-8,11-13H2,1-2H3. The van der Waals surface area contributed by atoms with Gasteiger partial charge in [0.2, 0.25) is 0 Å². The van der Waals surface area contributed by atoms with Gasteiger partial charge in [-0.1, -0.05) is 38.8 Å². The third-order valence-corrected chi connectivity index (χ3v) is 6.27. The summed E-state index contributed by atoms with van der Waals surface area (Å²) >= 11 is 1.87. The Labute approximate surface area is 132 Å². The van der Waals surface area contributed by atoms with Gasteiger partial charge in [-0.25, -0.2) is 4.98 Å². The van der Waals surface area contributed by atoms with E-state index in [1.54, 1.807) is 0 Å². The third-order valence-electron chi connectivity index (χ3n) is 5.21. The Morgan fingerprint density at radius 1 is 1.24 bits per heavy atom. The second-order valence-corrected chi connectivity index (χ2v) is 7.43. The largest absolute Gasteiger partial charge is 0.313 e. The summed E-state index contributed by atoms with van der Waals surface area (Å²) in [7, 11) is 0. The van der Waals surface area contributed by atoms with Crippen molar-refractivity contribution < 1.29 is 0 Å². The van der Waals surface area contributed by atoms with E-state index in [9.17, 15) is 0 Å². The SMILES string of the molecule is CCNC(Cc1nc2ccccc2s1)C1(CC)CCCC1. The number of hydrogen-bond acceptors (Lipinski definition) is 3.